The fourth-order valence-electron chi connectivity index (χ4n) is 5.78. The van der Waals surface area contributed by atoms with E-state index in [9.17, 15) is 14.0 Å². The quantitative estimate of drug-likeness (QED) is 0.143. The van der Waals surface area contributed by atoms with Crippen LogP contribution in [-0.4, -0.2) is 24.3 Å². The van der Waals surface area contributed by atoms with Crippen molar-refractivity contribution in [3.05, 3.63) is 137 Å². The van der Waals surface area contributed by atoms with Crippen LogP contribution >= 0.6 is 27.3 Å². The normalized spacial score (nSPS) is 14.6. The minimum atomic E-state index is -0.823. The number of aromatic nitrogens is 1. The molecule has 240 valence electrons. The second-order valence-electron chi connectivity index (χ2n) is 10.9. The van der Waals surface area contributed by atoms with Crippen LogP contribution in [0.2, 0.25) is 0 Å². The molecule has 0 unspecified atom stereocenters. The fraction of sp³-hybridized carbons (Fsp3) is 0.216. The highest BCUT2D eigenvalue weighted by Crippen LogP contribution is 2.41. The van der Waals surface area contributed by atoms with Gasteiger partial charge in [-0.1, -0.05) is 79.3 Å². The van der Waals surface area contributed by atoms with Crippen LogP contribution in [0.15, 0.2) is 104 Å². The molecule has 5 aromatic rings. The maximum absolute atomic E-state index is 14.4. The highest BCUT2D eigenvalue weighted by molar-refractivity contribution is 9.10. The summed E-state index contributed by atoms with van der Waals surface area (Å²) in [5.41, 5.74) is 2.54. The Morgan fingerprint density at radius 3 is 2.55 bits per heavy atom. The minimum absolute atomic E-state index is 0.0732. The van der Waals surface area contributed by atoms with Crippen molar-refractivity contribution in [1.29, 1.82) is 0 Å². The Labute approximate surface area is 283 Å². The number of esters is 1. The van der Waals surface area contributed by atoms with Gasteiger partial charge in [0.15, 0.2) is 4.80 Å². The van der Waals surface area contributed by atoms with Crippen LogP contribution < -0.4 is 24.4 Å². The molecule has 1 aliphatic rings. The van der Waals surface area contributed by atoms with E-state index in [2.05, 4.69) is 15.9 Å². The van der Waals surface area contributed by atoms with Gasteiger partial charge in [0.2, 0.25) is 0 Å². The summed E-state index contributed by atoms with van der Waals surface area (Å²) in [5, 5.41) is 1.81. The first-order valence-corrected chi connectivity index (χ1v) is 16.9. The van der Waals surface area contributed by atoms with Gasteiger partial charge in [-0.3, -0.25) is 9.36 Å². The summed E-state index contributed by atoms with van der Waals surface area (Å²) in [6.45, 7) is 4.04. The van der Waals surface area contributed by atoms with Gasteiger partial charge in [-0.05, 0) is 76.0 Å². The molecule has 0 fully saturated rings. The maximum atomic E-state index is 14.4. The average molecular weight is 716 g/mol. The Hall–Kier alpha value is -4.54. The van der Waals surface area contributed by atoms with Gasteiger partial charge in [0, 0.05) is 11.1 Å². The molecule has 10 heteroatoms. The summed E-state index contributed by atoms with van der Waals surface area (Å²) in [7, 11) is 1.58. The molecule has 0 saturated heterocycles. The first kappa shape index (κ1) is 32.4. The lowest BCUT2D eigenvalue weighted by Gasteiger charge is -2.28. The van der Waals surface area contributed by atoms with Gasteiger partial charge in [-0.25, -0.2) is 14.2 Å². The van der Waals surface area contributed by atoms with Crippen molar-refractivity contribution in [2.24, 2.45) is 4.99 Å². The summed E-state index contributed by atoms with van der Waals surface area (Å²) in [5.74, 6) is 0.253. The Morgan fingerprint density at radius 2 is 1.81 bits per heavy atom. The van der Waals surface area contributed by atoms with E-state index in [-0.39, 0.29) is 24.6 Å². The van der Waals surface area contributed by atoms with E-state index in [4.69, 9.17) is 19.2 Å². The Kier molecular flexibility index (Phi) is 9.70. The number of hydrogen-bond donors (Lipinski definition) is 0. The Morgan fingerprint density at radius 1 is 1.04 bits per heavy atom. The number of benzene rings is 4. The van der Waals surface area contributed by atoms with Crippen LogP contribution in [0, 0.1) is 5.82 Å². The molecule has 0 N–H and O–H groups in total. The second kappa shape index (κ2) is 14.1. The number of carbonyl (C=O) groups excluding carboxylic acids is 1. The van der Waals surface area contributed by atoms with Gasteiger partial charge in [0.1, 0.15) is 30.0 Å². The SMILES string of the molecule is CCCC1=C(C(=O)OCC)[C@@H](c2c(OC)ccc3ccccc23)n2c(s/c(=C\c3ccc(OCc4ccccc4F)c(Br)c3)c2=O)=N1. The Bertz CT molecular complexity index is 2210. The summed E-state index contributed by atoms with van der Waals surface area (Å²) in [6.07, 6.45) is 3.07. The topological polar surface area (TPSA) is 79.1 Å². The predicted octanol–water partition coefficient (Wildman–Crippen LogP) is 7.22. The number of ether oxygens (including phenoxy) is 3. The van der Waals surface area contributed by atoms with Gasteiger partial charge in [-0.15, -0.1) is 0 Å². The molecular formula is C37H32BrFN2O5S. The van der Waals surface area contributed by atoms with Crippen LogP contribution in [0.4, 0.5) is 4.39 Å². The summed E-state index contributed by atoms with van der Waals surface area (Å²) in [6, 6.07) is 22.8. The van der Waals surface area contributed by atoms with Crippen molar-refractivity contribution in [2.75, 3.05) is 13.7 Å². The monoisotopic (exact) mass is 714 g/mol. The molecule has 4 aromatic carbocycles. The third-order valence-corrected chi connectivity index (χ3v) is 9.51. The molecule has 0 radical (unpaired) electrons. The fourth-order valence-corrected chi connectivity index (χ4v) is 7.31. The third-order valence-electron chi connectivity index (χ3n) is 7.91. The molecule has 0 bridgehead atoms. The lowest BCUT2D eigenvalue weighted by Crippen LogP contribution is -2.40. The predicted molar refractivity (Wildman–Crippen MR) is 185 cm³/mol. The summed E-state index contributed by atoms with van der Waals surface area (Å²) in [4.78, 5) is 33.5. The molecular weight excluding hydrogens is 683 g/mol. The number of carbonyl (C=O) groups is 1. The van der Waals surface area contributed by atoms with Crippen molar-refractivity contribution in [3.63, 3.8) is 0 Å². The van der Waals surface area contributed by atoms with Crippen LogP contribution in [0.3, 0.4) is 0 Å². The Balaban J connectivity index is 1.50. The van der Waals surface area contributed by atoms with Crippen molar-refractivity contribution in [2.45, 2.75) is 39.3 Å². The first-order chi connectivity index (χ1) is 22.8. The number of fused-ring (bicyclic) bond motifs is 2. The standard InChI is InChI=1S/C37H32BrFN2O5S/c1-4-10-28-33(36(43)45-5-2)34(32-25-13-8-6-11-23(25)16-18-30(32)44-3)41-35(42)31(47-37(41)40-28)20-22-15-17-29(26(38)19-22)46-21-24-12-7-9-14-27(24)39/h6-9,11-20,34H,4-5,10,21H2,1-3H3/b31-20-/t34-/m1/s1. The number of allylic oxidation sites excluding steroid dienone is 1. The number of halogens is 2. The third kappa shape index (κ3) is 6.40. The molecule has 0 aliphatic carbocycles. The van der Waals surface area contributed by atoms with Gasteiger partial charge >= 0.3 is 5.97 Å². The van der Waals surface area contributed by atoms with Crippen molar-refractivity contribution >= 4 is 50.1 Å². The zero-order chi connectivity index (χ0) is 33.1. The van der Waals surface area contributed by atoms with Crippen LogP contribution in [0.1, 0.15) is 49.4 Å². The van der Waals surface area contributed by atoms with Gasteiger partial charge < -0.3 is 14.2 Å². The van der Waals surface area contributed by atoms with E-state index in [1.165, 1.54) is 17.4 Å². The number of methoxy groups -OCH3 is 1. The lowest BCUT2D eigenvalue weighted by atomic mass is 9.90. The zero-order valence-corrected chi connectivity index (χ0v) is 28.5. The minimum Gasteiger partial charge on any atom is -0.496 e. The highest BCUT2D eigenvalue weighted by Gasteiger charge is 2.37. The lowest BCUT2D eigenvalue weighted by molar-refractivity contribution is -0.139. The van der Waals surface area contributed by atoms with E-state index in [0.717, 1.165) is 22.8 Å². The molecule has 2 heterocycles. The molecule has 1 atom stereocenters. The largest absolute Gasteiger partial charge is 0.496 e. The van der Waals surface area contributed by atoms with Crippen LogP contribution in [-0.2, 0) is 16.1 Å². The van der Waals surface area contributed by atoms with E-state index in [1.54, 1.807) is 48.9 Å². The van der Waals surface area contributed by atoms with Crippen LogP contribution in [0.5, 0.6) is 11.5 Å². The van der Waals surface area contributed by atoms with E-state index in [1.807, 2.05) is 55.5 Å². The van der Waals surface area contributed by atoms with E-state index < -0.39 is 12.0 Å². The number of nitrogens with zero attached hydrogens (tertiary/aromatic N) is 2. The second-order valence-corrected chi connectivity index (χ2v) is 12.7. The zero-order valence-electron chi connectivity index (χ0n) is 26.1. The first-order valence-electron chi connectivity index (χ1n) is 15.3. The van der Waals surface area contributed by atoms with Crippen molar-refractivity contribution < 1.29 is 23.4 Å². The van der Waals surface area contributed by atoms with Gasteiger partial charge in [0.25, 0.3) is 5.56 Å². The number of hydrogen-bond acceptors (Lipinski definition) is 7. The summed E-state index contributed by atoms with van der Waals surface area (Å²) >= 11 is 4.82. The van der Waals surface area contributed by atoms with E-state index >= 15 is 0 Å². The van der Waals surface area contributed by atoms with Crippen molar-refractivity contribution in [1.82, 2.24) is 4.57 Å². The average Bonchev–Trinajstić information content (AvgIpc) is 3.38. The molecule has 1 aliphatic heterocycles. The van der Waals surface area contributed by atoms with Crippen molar-refractivity contribution in [3.8, 4) is 11.5 Å². The molecule has 7 nitrogen and oxygen atoms in total. The van der Waals surface area contributed by atoms with E-state index in [0.29, 0.717) is 54.1 Å². The number of thiazole rings is 1. The molecule has 0 amide bonds. The smallest absolute Gasteiger partial charge is 0.338 e. The summed E-state index contributed by atoms with van der Waals surface area (Å²) < 4.78 is 34.1. The molecule has 0 spiro atoms. The maximum Gasteiger partial charge on any atom is 0.338 e. The molecule has 6 rings (SSSR count). The van der Waals surface area contributed by atoms with Gasteiger partial charge in [-0.2, -0.15) is 0 Å². The van der Waals surface area contributed by atoms with Gasteiger partial charge in [0.05, 0.1) is 34.0 Å². The number of rotatable bonds is 10. The molecule has 0 saturated carbocycles. The molecule has 47 heavy (non-hydrogen) atoms. The molecule has 1 aromatic heterocycles. The highest BCUT2D eigenvalue weighted by atomic mass is 79.9. The van der Waals surface area contributed by atoms with Crippen LogP contribution in [0.25, 0.3) is 16.8 Å².